The van der Waals surface area contributed by atoms with Crippen LogP contribution in [0.5, 0.6) is 0 Å². The second-order valence-electron chi connectivity index (χ2n) is 3.80. The standard InChI is InChI=1S/C13H12N2O3S/c1-15-7-10(14-8-15)13(17)18-12(16)9-5-3-4-6-11(9)19-2/h3-8H,1-2H3. The zero-order valence-corrected chi connectivity index (χ0v) is 11.3. The van der Waals surface area contributed by atoms with Gasteiger partial charge in [-0.25, -0.2) is 14.6 Å². The Labute approximate surface area is 114 Å². The molecule has 2 rings (SSSR count). The molecule has 0 aliphatic heterocycles. The number of aromatic nitrogens is 2. The van der Waals surface area contributed by atoms with E-state index in [0.717, 1.165) is 4.90 Å². The minimum atomic E-state index is -0.749. The van der Waals surface area contributed by atoms with E-state index in [4.69, 9.17) is 4.74 Å². The van der Waals surface area contributed by atoms with E-state index < -0.39 is 11.9 Å². The Morgan fingerprint density at radius 1 is 1.26 bits per heavy atom. The number of benzene rings is 1. The number of aryl methyl sites for hydroxylation is 1. The summed E-state index contributed by atoms with van der Waals surface area (Å²) < 4.78 is 6.42. The normalized spacial score (nSPS) is 10.2. The lowest BCUT2D eigenvalue weighted by atomic mass is 10.2. The summed E-state index contributed by atoms with van der Waals surface area (Å²) in [6.07, 6.45) is 4.82. The molecule has 0 amide bonds. The lowest BCUT2D eigenvalue weighted by Gasteiger charge is -2.05. The highest BCUT2D eigenvalue weighted by atomic mass is 32.2. The fraction of sp³-hybridized carbons (Fsp3) is 0.154. The lowest BCUT2D eigenvalue weighted by molar-refractivity contribution is 0.0391. The van der Waals surface area contributed by atoms with Gasteiger partial charge in [-0.2, -0.15) is 0 Å². The number of thioether (sulfide) groups is 1. The zero-order valence-electron chi connectivity index (χ0n) is 10.5. The minimum Gasteiger partial charge on any atom is -0.384 e. The SMILES string of the molecule is CSc1ccccc1C(=O)OC(=O)c1cn(C)cn1. The molecule has 0 N–H and O–H groups in total. The van der Waals surface area contributed by atoms with Crippen molar-refractivity contribution in [2.24, 2.45) is 7.05 Å². The first-order valence-electron chi connectivity index (χ1n) is 5.49. The molecule has 19 heavy (non-hydrogen) atoms. The van der Waals surface area contributed by atoms with Crippen LogP contribution in [-0.4, -0.2) is 27.7 Å². The van der Waals surface area contributed by atoms with Crippen molar-refractivity contribution in [1.29, 1.82) is 0 Å². The van der Waals surface area contributed by atoms with Crippen LogP contribution in [0.1, 0.15) is 20.8 Å². The third kappa shape index (κ3) is 3.03. The van der Waals surface area contributed by atoms with Gasteiger partial charge in [0, 0.05) is 18.1 Å². The number of nitrogens with zero attached hydrogens (tertiary/aromatic N) is 2. The summed E-state index contributed by atoms with van der Waals surface area (Å²) in [4.78, 5) is 28.2. The Morgan fingerprint density at radius 2 is 2.00 bits per heavy atom. The van der Waals surface area contributed by atoms with Crippen molar-refractivity contribution in [3.8, 4) is 0 Å². The van der Waals surface area contributed by atoms with E-state index in [-0.39, 0.29) is 5.69 Å². The molecule has 0 unspecified atom stereocenters. The van der Waals surface area contributed by atoms with Gasteiger partial charge in [0.1, 0.15) is 0 Å². The number of esters is 2. The van der Waals surface area contributed by atoms with Gasteiger partial charge in [-0.05, 0) is 18.4 Å². The molecule has 0 saturated carbocycles. The predicted octanol–water partition coefficient (Wildman–Crippen LogP) is 2.14. The molecule has 0 aliphatic rings. The third-order valence-electron chi connectivity index (χ3n) is 2.43. The summed E-state index contributed by atoms with van der Waals surface area (Å²) in [5.74, 6) is -1.41. The molecular weight excluding hydrogens is 264 g/mol. The Hall–Kier alpha value is -2.08. The summed E-state index contributed by atoms with van der Waals surface area (Å²) in [7, 11) is 1.73. The molecule has 6 heteroatoms. The molecule has 5 nitrogen and oxygen atoms in total. The molecule has 0 aliphatic carbocycles. The molecule has 2 aromatic rings. The Morgan fingerprint density at radius 3 is 2.63 bits per heavy atom. The number of hydrogen-bond donors (Lipinski definition) is 0. The van der Waals surface area contributed by atoms with Crippen LogP contribution in [0.15, 0.2) is 41.7 Å². The molecule has 0 atom stereocenters. The van der Waals surface area contributed by atoms with Crippen LogP contribution in [0.3, 0.4) is 0 Å². The fourth-order valence-corrected chi connectivity index (χ4v) is 2.11. The smallest absolute Gasteiger partial charge is 0.366 e. The minimum absolute atomic E-state index is 0.109. The molecule has 0 radical (unpaired) electrons. The summed E-state index contributed by atoms with van der Waals surface area (Å²) in [6.45, 7) is 0. The van der Waals surface area contributed by atoms with Crippen LogP contribution in [0.4, 0.5) is 0 Å². The van der Waals surface area contributed by atoms with Gasteiger partial charge in [0.2, 0.25) is 0 Å². The van der Waals surface area contributed by atoms with Gasteiger partial charge >= 0.3 is 11.9 Å². The highest BCUT2D eigenvalue weighted by Crippen LogP contribution is 2.20. The maximum absolute atomic E-state index is 11.9. The average molecular weight is 276 g/mol. The van der Waals surface area contributed by atoms with Gasteiger partial charge < -0.3 is 9.30 Å². The third-order valence-corrected chi connectivity index (χ3v) is 3.22. The number of carbonyl (C=O) groups excluding carboxylic acids is 2. The Kier molecular flexibility index (Phi) is 4.01. The van der Waals surface area contributed by atoms with Gasteiger partial charge in [-0.15, -0.1) is 11.8 Å². The van der Waals surface area contributed by atoms with E-state index in [1.807, 2.05) is 12.3 Å². The van der Waals surface area contributed by atoms with Crippen LogP contribution in [0, 0.1) is 0 Å². The van der Waals surface area contributed by atoms with Crippen LogP contribution in [-0.2, 0) is 11.8 Å². The molecule has 0 saturated heterocycles. The van der Waals surface area contributed by atoms with Crippen molar-refractivity contribution < 1.29 is 14.3 Å². The quantitative estimate of drug-likeness (QED) is 0.488. The zero-order chi connectivity index (χ0) is 13.8. The van der Waals surface area contributed by atoms with E-state index in [2.05, 4.69) is 4.98 Å². The van der Waals surface area contributed by atoms with Gasteiger partial charge in [-0.1, -0.05) is 12.1 Å². The maximum Gasteiger partial charge on any atom is 0.366 e. The summed E-state index contributed by atoms with van der Waals surface area (Å²) in [5, 5.41) is 0. The van der Waals surface area contributed by atoms with Gasteiger partial charge in [0.05, 0.1) is 11.9 Å². The second kappa shape index (κ2) is 5.71. The van der Waals surface area contributed by atoms with Crippen molar-refractivity contribution >= 4 is 23.7 Å². The largest absolute Gasteiger partial charge is 0.384 e. The number of hydrogen-bond acceptors (Lipinski definition) is 5. The molecule has 98 valence electrons. The van der Waals surface area contributed by atoms with Crippen molar-refractivity contribution in [2.45, 2.75) is 4.90 Å². The van der Waals surface area contributed by atoms with Crippen molar-refractivity contribution in [1.82, 2.24) is 9.55 Å². The number of rotatable bonds is 3. The molecular formula is C13H12N2O3S. The van der Waals surface area contributed by atoms with E-state index in [1.54, 1.807) is 29.8 Å². The van der Waals surface area contributed by atoms with E-state index >= 15 is 0 Å². The van der Waals surface area contributed by atoms with Gasteiger partial charge in [0.25, 0.3) is 0 Å². The molecule has 0 spiro atoms. The van der Waals surface area contributed by atoms with E-state index in [0.29, 0.717) is 5.56 Å². The topological polar surface area (TPSA) is 61.2 Å². The highest BCUT2D eigenvalue weighted by Gasteiger charge is 2.18. The summed E-state index contributed by atoms with van der Waals surface area (Å²) in [6, 6.07) is 6.97. The first-order chi connectivity index (χ1) is 9.11. The second-order valence-corrected chi connectivity index (χ2v) is 4.65. The van der Waals surface area contributed by atoms with Crippen LogP contribution < -0.4 is 0 Å². The lowest BCUT2D eigenvalue weighted by Crippen LogP contribution is -2.13. The van der Waals surface area contributed by atoms with Crippen LogP contribution in [0.2, 0.25) is 0 Å². The maximum atomic E-state index is 11.9. The Bertz CT molecular complexity index is 622. The number of ether oxygens (including phenoxy) is 1. The van der Waals surface area contributed by atoms with Gasteiger partial charge in [0.15, 0.2) is 5.69 Å². The highest BCUT2D eigenvalue weighted by molar-refractivity contribution is 7.98. The molecule has 1 aromatic heterocycles. The molecule has 0 fully saturated rings. The monoisotopic (exact) mass is 276 g/mol. The molecule has 1 heterocycles. The predicted molar refractivity (Wildman–Crippen MR) is 71.2 cm³/mol. The molecule has 1 aromatic carbocycles. The number of carbonyl (C=O) groups is 2. The summed E-state index contributed by atoms with van der Waals surface area (Å²) in [5.41, 5.74) is 0.483. The number of imidazole rings is 1. The fourth-order valence-electron chi connectivity index (χ4n) is 1.52. The van der Waals surface area contributed by atoms with Crippen molar-refractivity contribution in [3.63, 3.8) is 0 Å². The van der Waals surface area contributed by atoms with Gasteiger partial charge in [-0.3, -0.25) is 0 Å². The summed E-state index contributed by atoms with van der Waals surface area (Å²) >= 11 is 1.42. The average Bonchev–Trinajstić information content (AvgIpc) is 2.85. The van der Waals surface area contributed by atoms with Crippen LogP contribution in [0.25, 0.3) is 0 Å². The first-order valence-corrected chi connectivity index (χ1v) is 6.72. The van der Waals surface area contributed by atoms with E-state index in [1.165, 1.54) is 24.3 Å². The van der Waals surface area contributed by atoms with Crippen molar-refractivity contribution in [3.05, 3.63) is 48.0 Å². The van der Waals surface area contributed by atoms with Crippen molar-refractivity contribution in [2.75, 3.05) is 6.26 Å². The van der Waals surface area contributed by atoms with E-state index in [9.17, 15) is 9.59 Å². The Balaban J connectivity index is 2.15. The van der Waals surface area contributed by atoms with Crippen LogP contribution >= 0.6 is 11.8 Å². The molecule has 0 bridgehead atoms. The first kappa shape index (κ1) is 13.4.